The van der Waals surface area contributed by atoms with E-state index in [-0.39, 0.29) is 0 Å². The quantitative estimate of drug-likeness (QED) is 0.292. The number of hydrogen-bond donors (Lipinski definition) is 1. The molecule has 2 heterocycles. The first-order valence-electron chi connectivity index (χ1n) is 11.1. The molecule has 1 aliphatic heterocycles. The molecular weight excluding hydrogens is 530 g/mol. The first-order valence-corrected chi connectivity index (χ1v) is 12.5. The second-order valence-corrected chi connectivity index (χ2v) is 9.56. The standard InChI is InChI=1S/C21H25N5O11S/c1-11(27)33-10-16-17(34-12(2)28)18(35-13(3)29)19(36-14(4)30)20(37-16)23-38(31,32)21-22-24-25-26(21)15-8-6-5-7-9-15/h5-9,16-20,23H,10H2,1-4H3/t16?,17-,18+,19?,20-/m1/s1. The van der Waals surface area contributed by atoms with Crippen molar-refractivity contribution >= 4 is 33.9 Å². The molecule has 5 atom stereocenters. The van der Waals surface area contributed by atoms with Crippen LogP contribution in [0.4, 0.5) is 0 Å². The van der Waals surface area contributed by atoms with Crippen molar-refractivity contribution in [1.29, 1.82) is 0 Å². The van der Waals surface area contributed by atoms with Gasteiger partial charge in [-0.15, -0.1) is 0 Å². The SMILES string of the molecule is CC(=O)OCC1O[C@@H](NS(=O)(=O)c2nnnn2-c2ccccc2)C(OC(C)=O)[C@@H](OC(C)=O)[C@@H]1OC(C)=O. The van der Waals surface area contributed by atoms with Gasteiger partial charge in [0.15, 0.2) is 24.5 Å². The molecule has 0 amide bonds. The summed E-state index contributed by atoms with van der Waals surface area (Å²) in [5, 5.41) is 10.1. The maximum atomic E-state index is 13.4. The third-order valence-electron chi connectivity index (χ3n) is 4.94. The van der Waals surface area contributed by atoms with Gasteiger partial charge in [0, 0.05) is 27.7 Å². The topological polar surface area (TPSA) is 204 Å². The second-order valence-electron chi connectivity index (χ2n) is 7.95. The highest BCUT2D eigenvalue weighted by molar-refractivity contribution is 7.89. The molecule has 206 valence electrons. The Labute approximate surface area is 216 Å². The van der Waals surface area contributed by atoms with Crippen molar-refractivity contribution in [2.24, 2.45) is 0 Å². The van der Waals surface area contributed by atoms with Crippen molar-refractivity contribution in [3.05, 3.63) is 30.3 Å². The van der Waals surface area contributed by atoms with Gasteiger partial charge < -0.3 is 23.7 Å². The Morgan fingerprint density at radius 3 is 2.05 bits per heavy atom. The number of hydrogen-bond acceptors (Lipinski definition) is 14. The summed E-state index contributed by atoms with van der Waals surface area (Å²) >= 11 is 0. The van der Waals surface area contributed by atoms with E-state index in [1.165, 1.54) is 0 Å². The Hall–Kier alpha value is -3.96. The minimum absolute atomic E-state index is 0.319. The lowest BCUT2D eigenvalue weighted by atomic mass is 9.97. The van der Waals surface area contributed by atoms with Crippen LogP contribution in [0.5, 0.6) is 0 Å². The van der Waals surface area contributed by atoms with Crippen LogP contribution in [-0.4, -0.2) is 89.8 Å². The van der Waals surface area contributed by atoms with Gasteiger partial charge in [0.2, 0.25) is 0 Å². The number of rotatable bonds is 9. The number of nitrogens with zero attached hydrogens (tertiary/aromatic N) is 4. The molecule has 16 nitrogen and oxygen atoms in total. The minimum Gasteiger partial charge on any atom is -0.463 e. The number of nitrogens with one attached hydrogen (secondary N) is 1. The molecule has 1 N–H and O–H groups in total. The number of tetrazole rings is 1. The van der Waals surface area contributed by atoms with E-state index >= 15 is 0 Å². The predicted octanol–water partition coefficient (Wildman–Crippen LogP) is -0.976. The summed E-state index contributed by atoms with van der Waals surface area (Å²) < 4.78 is 56.4. The maximum Gasteiger partial charge on any atom is 0.303 e. The second kappa shape index (κ2) is 12.1. The molecule has 17 heteroatoms. The van der Waals surface area contributed by atoms with Crippen LogP contribution in [0.2, 0.25) is 0 Å². The molecule has 2 aromatic rings. The van der Waals surface area contributed by atoms with Gasteiger partial charge in [-0.3, -0.25) is 19.2 Å². The minimum atomic E-state index is -4.61. The molecule has 1 aliphatic rings. The fraction of sp³-hybridized carbons (Fsp3) is 0.476. The highest BCUT2D eigenvalue weighted by Crippen LogP contribution is 2.29. The number of carbonyl (C=O) groups excluding carboxylic acids is 4. The molecule has 0 saturated carbocycles. The lowest BCUT2D eigenvalue weighted by Crippen LogP contribution is -2.66. The van der Waals surface area contributed by atoms with Crippen molar-refractivity contribution < 1.29 is 51.3 Å². The number of para-hydroxylation sites is 1. The fourth-order valence-electron chi connectivity index (χ4n) is 3.61. The number of carbonyl (C=O) groups is 4. The number of esters is 4. The van der Waals surface area contributed by atoms with E-state index < -0.39 is 76.3 Å². The highest BCUT2D eigenvalue weighted by atomic mass is 32.2. The molecule has 1 aromatic carbocycles. The molecule has 0 spiro atoms. The zero-order valence-corrected chi connectivity index (χ0v) is 21.5. The molecule has 3 rings (SSSR count). The van der Waals surface area contributed by atoms with E-state index in [2.05, 4.69) is 20.2 Å². The Morgan fingerprint density at radius 1 is 0.895 bits per heavy atom. The summed E-state index contributed by atoms with van der Waals surface area (Å²) in [5.41, 5.74) is 0.319. The molecule has 1 saturated heterocycles. The lowest BCUT2D eigenvalue weighted by molar-refractivity contribution is -0.254. The van der Waals surface area contributed by atoms with Crippen LogP contribution in [0.25, 0.3) is 5.69 Å². The van der Waals surface area contributed by atoms with Gasteiger partial charge in [-0.2, -0.15) is 9.40 Å². The predicted molar refractivity (Wildman–Crippen MR) is 121 cm³/mol. The Morgan fingerprint density at radius 2 is 1.47 bits per heavy atom. The molecule has 2 unspecified atom stereocenters. The van der Waals surface area contributed by atoms with Crippen LogP contribution >= 0.6 is 0 Å². The van der Waals surface area contributed by atoms with E-state index in [9.17, 15) is 27.6 Å². The van der Waals surface area contributed by atoms with E-state index in [1.54, 1.807) is 30.3 Å². The van der Waals surface area contributed by atoms with Crippen LogP contribution in [0.15, 0.2) is 35.5 Å². The summed E-state index contributed by atoms with van der Waals surface area (Å²) in [7, 11) is -4.61. The summed E-state index contributed by atoms with van der Waals surface area (Å²) in [4.78, 5) is 47.1. The van der Waals surface area contributed by atoms with Gasteiger partial charge in [-0.1, -0.05) is 23.3 Å². The Kier molecular flexibility index (Phi) is 9.08. The van der Waals surface area contributed by atoms with E-state index in [0.29, 0.717) is 5.69 Å². The van der Waals surface area contributed by atoms with Crippen molar-refractivity contribution in [2.45, 2.75) is 63.5 Å². The molecule has 1 fully saturated rings. The van der Waals surface area contributed by atoms with Gasteiger partial charge in [0.1, 0.15) is 12.7 Å². The normalized spacial score (nSPS) is 23.2. The molecule has 0 radical (unpaired) electrons. The first-order chi connectivity index (χ1) is 17.9. The zero-order chi connectivity index (χ0) is 28.0. The van der Waals surface area contributed by atoms with Gasteiger partial charge in [0.25, 0.3) is 15.2 Å². The number of ether oxygens (including phenoxy) is 5. The van der Waals surface area contributed by atoms with Crippen molar-refractivity contribution in [3.8, 4) is 5.69 Å². The highest BCUT2D eigenvalue weighted by Gasteiger charge is 2.53. The summed E-state index contributed by atoms with van der Waals surface area (Å²) in [6.07, 6.45) is -7.74. The maximum absolute atomic E-state index is 13.4. The lowest BCUT2D eigenvalue weighted by Gasteiger charge is -2.44. The number of benzene rings is 1. The third-order valence-corrected chi connectivity index (χ3v) is 6.22. The molecule has 1 aromatic heterocycles. The smallest absolute Gasteiger partial charge is 0.303 e. The van der Waals surface area contributed by atoms with Crippen LogP contribution < -0.4 is 4.72 Å². The number of aromatic nitrogens is 4. The van der Waals surface area contributed by atoms with Crippen molar-refractivity contribution in [3.63, 3.8) is 0 Å². The number of sulfonamides is 1. The molecule has 0 aliphatic carbocycles. The molecule has 38 heavy (non-hydrogen) atoms. The fourth-order valence-corrected chi connectivity index (χ4v) is 4.72. The van der Waals surface area contributed by atoms with Crippen molar-refractivity contribution in [2.75, 3.05) is 6.61 Å². The Balaban J connectivity index is 2.03. The van der Waals surface area contributed by atoms with Crippen LogP contribution in [0.1, 0.15) is 27.7 Å². The van der Waals surface area contributed by atoms with E-state index in [0.717, 1.165) is 32.4 Å². The third kappa shape index (κ3) is 7.08. The average Bonchev–Trinajstić information content (AvgIpc) is 3.32. The summed E-state index contributed by atoms with van der Waals surface area (Å²) in [6.45, 7) is 3.71. The average molecular weight is 556 g/mol. The van der Waals surface area contributed by atoms with Gasteiger partial charge in [-0.25, -0.2) is 8.42 Å². The van der Waals surface area contributed by atoms with E-state index in [4.69, 9.17) is 23.7 Å². The monoisotopic (exact) mass is 555 g/mol. The van der Waals surface area contributed by atoms with Crippen LogP contribution in [0.3, 0.4) is 0 Å². The van der Waals surface area contributed by atoms with Gasteiger partial charge in [-0.05, 0) is 22.6 Å². The van der Waals surface area contributed by atoms with Gasteiger partial charge in [0.05, 0.1) is 5.69 Å². The largest absolute Gasteiger partial charge is 0.463 e. The summed E-state index contributed by atoms with van der Waals surface area (Å²) in [5.74, 6) is -3.31. The molecule has 0 bridgehead atoms. The van der Waals surface area contributed by atoms with Crippen LogP contribution in [0, 0.1) is 0 Å². The molecular formula is C21H25N5O11S. The Bertz CT molecular complexity index is 1280. The van der Waals surface area contributed by atoms with Crippen molar-refractivity contribution in [1.82, 2.24) is 24.9 Å². The zero-order valence-electron chi connectivity index (χ0n) is 20.7. The first kappa shape index (κ1) is 28.6. The van der Waals surface area contributed by atoms with E-state index in [1.807, 2.05) is 0 Å². The summed E-state index contributed by atoms with van der Waals surface area (Å²) in [6, 6.07) is 8.10. The van der Waals surface area contributed by atoms with Crippen LogP contribution in [-0.2, 0) is 52.9 Å². The van der Waals surface area contributed by atoms with Gasteiger partial charge >= 0.3 is 23.9 Å².